The van der Waals surface area contributed by atoms with Crippen molar-refractivity contribution in [2.45, 2.75) is 67.7 Å². The second-order valence-corrected chi connectivity index (χ2v) is 12.1. The van der Waals surface area contributed by atoms with E-state index >= 15 is 0 Å². The molecule has 5 heterocycles. The molecule has 1 aromatic carbocycles. The van der Waals surface area contributed by atoms with Gasteiger partial charge in [0.2, 0.25) is 17.8 Å². The molecule has 4 N–H and O–H groups in total. The molecule has 0 saturated carbocycles. The summed E-state index contributed by atoms with van der Waals surface area (Å²) in [7, 11) is 0. The Bertz CT molecular complexity index is 2410. The van der Waals surface area contributed by atoms with Crippen LogP contribution in [0.5, 0.6) is 0 Å². The number of fused-ring (bicyclic) bond motifs is 2. The number of hydrogen-bond acceptors (Lipinski definition) is 9. The molecule has 294 valence electrons. The van der Waals surface area contributed by atoms with Crippen LogP contribution in [0.25, 0.3) is 22.2 Å². The Morgan fingerprint density at radius 3 is 1.71 bits per heavy atom. The maximum atomic E-state index is 13.4. The number of carbonyl (C=O) groups excluding carboxylic acids is 4. The van der Waals surface area contributed by atoms with Gasteiger partial charge in [0, 0.05) is 43.5 Å². The lowest BCUT2D eigenvalue weighted by Gasteiger charge is -2.11. The molecule has 0 fully saturated rings. The second-order valence-electron chi connectivity index (χ2n) is 12.1. The van der Waals surface area contributed by atoms with Crippen LogP contribution in [0.2, 0.25) is 0 Å². The molecule has 0 aliphatic carbocycles. The number of rotatable bonds is 12. The smallest absolute Gasteiger partial charge is 0.276 e. The third-order valence-corrected chi connectivity index (χ3v) is 8.37. The first-order chi connectivity index (χ1) is 24.4. The van der Waals surface area contributed by atoms with E-state index in [1.165, 1.54) is 13.1 Å². The standard InChI is InChI=1S/C35H38N12O4.4ClH/c1-7-46-27(14-20(4)42-46)32(50)40-34-38-25-16-23(30(36)49)13-19(3)29(25)44(34)11-9-10-12-45-31-26(17-24(18-37-31)22(6)48)39-35(45)41-33(51)28-15-21(5)43-47(28)8-2;;;;/h9-10,13-18H,7-8,11-12H2,1-6H3,(H2,36,49)(H,38,40,50)(H,39,41,51);4*1H/b10-9+;;;;. The first-order valence-electron chi connectivity index (χ1n) is 16.4. The van der Waals surface area contributed by atoms with Gasteiger partial charge in [0.15, 0.2) is 11.4 Å². The Hall–Kier alpha value is -5.29. The highest BCUT2D eigenvalue weighted by atomic mass is 35.5. The normalized spacial score (nSPS) is 10.7. The number of nitrogens with one attached hydrogen (secondary N) is 2. The minimum atomic E-state index is -0.587. The van der Waals surface area contributed by atoms with Crippen molar-refractivity contribution in [3.63, 3.8) is 0 Å². The Morgan fingerprint density at radius 1 is 0.709 bits per heavy atom. The van der Waals surface area contributed by atoms with Crippen LogP contribution in [0.15, 0.2) is 48.7 Å². The number of allylic oxidation sites excluding steroid dienone is 2. The number of nitrogens with zero attached hydrogens (tertiary/aromatic N) is 9. The first-order valence-corrected chi connectivity index (χ1v) is 16.4. The van der Waals surface area contributed by atoms with Gasteiger partial charge < -0.3 is 10.3 Å². The molecule has 3 amide bonds. The quantitative estimate of drug-likeness (QED) is 0.0993. The Kier molecular flexibility index (Phi) is 15.7. The third-order valence-electron chi connectivity index (χ3n) is 8.37. The molecule has 6 aromatic rings. The maximum absolute atomic E-state index is 13.4. The average Bonchev–Trinajstić information content (AvgIpc) is 3.85. The molecule has 0 aliphatic rings. The number of pyridine rings is 1. The van der Waals surface area contributed by atoms with Crippen LogP contribution in [0.1, 0.15) is 79.4 Å². The van der Waals surface area contributed by atoms with Gasteiger partial charge in [-0.25, -0.2) is 15.0 Å². The average molecular weight is 837 g/mol. The van der Waals surface area contributed by atoms with Crippen LogP contribution in [0.4, 0.5) is 11.9 Å². The molecule has 55 heavy (non-hydrogen) atoms. The van der Waals surface area contributed by atoms with E-state index in [0.717, 1.165) is 5.56 Å². The van der Waals surface area contributed by atoms with Crippen molar-refractivity contribution in [2.75, 3.05) is 10.6 Å². The number of carbonyl (C=O) groups is 4. The number of halogens is 4. The number of anilines is 2. The highest BCUT2D eigenvalue weighted by molar-refractivity contribution is 6.04. The summed E-state index contributed by atoms with van der Waals surface area (Å²) in [6.45, 7) is 12.3. The predicted octanol–water partition coefficient (Wildman–Crippen LogP) is 5.89. The van der Waals surface area contributed by atoms with Crippen molar-refractivity contribution >= 4 is 107 Å². The number of Topliss-reactive ketones (excluding diaryl/α,β-unsaturated/α-hetero) is 1. The summed E-state index contributed by atoms with van der Waals surface area (Å²) in [6.07, 6.45) is 5.24. The van der Waals surface area contributed by atoms with Crippen LogP contribution in [0.3, 0.4) is 0 Å². The Labute approximate surface area is 341 Å². The number of aryl methyl sites for hydroxylation is 5. The fourth-order valence-corrected chi connectivity index (χ4v) is 5.99. The maximum Gasteiger partial charge on any atom is 0.276 e. The molecular formula is C35H42Cl4N12O4. The van der Waals surface area contributed by atoms with E-state index in [1.807, 2.05) is 51.3 Å². The van der Waals surface area contributed by atoms with Gasteiger partial charge in [0.25, 0.3) is 11.8 Å². The summed E-state index contributed by atoms with van der Waals surface area (Å²) in [4.78, 5) is 64.8. The van der Waals surface area contributed by atoms with Gasteiger partial charge in [-0.2, -0.15) is 10.2 Å². The van der Waals surface area contributed by atoms with Crippen LogP contribution in [-0.4, -0.2) is 67.2 Å². The van der Waals surface area contributed by atoms with Gasteiger partial charge in [-0.15, -0.1) is 49.6 Å². The van der Waals surface area contributed by atoms with Crippen molar-refractivity contribution in [1.82, 2.24) is 43.6 Å². The van der Waals surface area contributed by atoms with E-state index in [1.54, 1.807) is 44.3 Å². The lowest BCUT2D eigenvalue weighted by Crippen LogP contribution is -2.20. The van der Waals surface area contributed by atoms with Gasteiger partial charge in [-0.3, -0.25) is 43.7 Å². The Balaban J connectivity index is 0.00000261. The summed E-state index contributed by atoms with van der Waals surface area (Å²) in [5, 5.41) is 14.6. The molecule has 0 radical (unpaired) electrons. The third kappa shape index (κ3) is 9.33. The van der Waals surface area contributed by atoms with Gasteiger partial charge in [0.05, 0.1) is 22.4 Å². The van der Waals surface area contributed by atoms with Crippen molar-refractivity contribution in [3.05, 3.63) is 88.1 Å². The van der Waals surface area contributed by atoms with E-state index in [9.17, 15) is 19.2 Å². The zero-order valence-electron chi connectivity index (χ0n) is 30.8. The number of primary amides is 1. The lowest BCUT2D eigenvalue weighted by atomic mass is 10.1. The van der Waals surface area contributed by atoms with E-state index < -0.39 is 5.91 Å². The molecule has 16 nitrogen and oxygen atoms in total. The molecule has 0 atom stereocenters. The fourth-order valence-electron chi connectivity index (χ4n) is 5.99. The zero-order chi connectivity index (χ0) is 36.6. The van der Waals surface area contributed by atoms with Gasteiger partial charge in [-0.05, 0) is 77.4 Å². The topological polar surface area (TPSA) is 203 Å². The summed E-state index contributed by atoms with van der Waals surface area (Å²) in [5.74, 6) is -1.00. The van der Waals surface area contributed by atoms with E-state index in [4.69, 9.17) is 5.73 Å². The molecule has 0 aliphatic heterocycles. The summed E-state index contributed by atoms with van der Waals surface area (Å²) in [5.41, 5.74) is 11.3. The number of nitrogens with two attached hydrogens (primary N) is 1. The molecule has 0 unspecified atom stereocenters. The zero-order valence-corrected chi connectivity index (χ0v) is 34.1. The summed E-state index contributed by atoms with van der Waals surface area (Å²) < 4.78 is 6.80. The molecule has 6 rings (SSSR count). The van der Waals surface area contributed by atoms with Crippen LogP contribution < -0.4 is 16.4 Å². The summed E-state index contributed by atoms with van der Waals surface area (Å²) >= 11 is 0. The highest BCUT2D eigenvalue weighted by Gasteiger charge is 2.21. The van der Waals surface area contributed by atoms with Crippen molar-refractivity contribution < 1.29 is 19.2 Å². The van der Waals surface area contributed by atoms with Gasteiger partial charge in [0.1, 0.15) is 16.9 Å². The predicted molar refractivity (Wildman–Crippen MR) is 220 cm³/mol. The molecule has 0 saturated heterocycles. The minimum Gasteiger partial charge on any atom is -0.366 e. The number of imidazole rings is 2. The van der Waals surface area contributed by atoms with Crippen molar-refractivity contribution in [2.24, 2.45) is 5.73 Å². The number of amides is 3. The lowest BCUT2D eigenvalue weighted by molar-refractivity contribution is 0.0994. The van der Waals surface area contributed by atoms with Crippen LogP contribution in [0, 0.1) is 20.8 Å². The van der Waals surface area contributed by atoms with E-state index in [0.29, 0.717) is 69.2 Å². The van der Waals surface area contributed by atoms with Crippen LogP contribution in [-0.2, 0) is 26.2 Å². The van der Waals surface area contributed by atoms with E-state index in [2.05, 4.69) is 35.8 Å². The monoisotopic (exact) mass is 834 g/mol. The summed E-state index contributed by atoms with van der Waals surface area (Å²) in [6, 6.07) is 8.34. The van der Waals surface area contributed by atoms with Crippen molar-refractivity contribution in [1.29, 1.82) is 0 Å². The number of hydrogen-bond donors (Lipinski definition) is 3. The number of aromatic nitrogens is 9. The minimum absolute atomic E-state index is 0. The molecular weight excluding hydrogens is 794 g/mol. The largest absolute Gasteiger partial charge is 0.366 e. The molecule has 5 aromatic heterocycles. The van der Waals surface area contributed by atoms with Gasteiger partial charge >= 0.3 is 0 Å². The van der Waals surface area contributed by atoms with E-state index in [-0.39, 0.29) is 92.2 Å². The number of benzene rings is 1. The highest BCUT2D eigenvalue weighted by Crippen LogP contribution is 2.26. The van der Waals surface area contributed by atoms with Crippen LogP contribution >= 0.6 is 49.6 Å². The number of ketones is 1. The van der Waals surface area contributed by atoms with Crippen molar-refractivity contribution in [3.8, 4) is 0 Å². The molecule has 0 bridgehead atoms. The second kappa shape index (κ2) is 18.8. The SMILES string of the molecule is CCn1nc(C)cc1C(=O)Nc1nc2cc(C(C)=O)cnc2n1C/C=C/Cn1c(NC(=O)c2cc(C)nn2CC)nc2cc(C(N)=O)cc(C)c21.Cl.Cl.Cl.Cl. The molecule has 0 spiro atoms. The first kappa shape index (κ1) is 45.9. The fraction of sp³-hybridized carbons (Fsp3) is 0.286. The Morgan fingerprint density at radius 2 is 1.20 bits per heavy atom. The van der Waals surface area contributed by atoms with Gasteiger partial charge in [-0.1, -0.05) is 12.2 Å². The molecule has 20 heteroatoms.